The number of hydrogen-bond acceptors (Lipinski definition) is 5. The summed E-state index contributed by atoms with van der Waals surface area (Å²) in [5.41, 5.74) is 1.31. The maximum absolute atomic E-state index is 12.3. The van der Waals surface area contributed by atoms with E-state index in [2.05, 4.69) is 30.6 Å². The van der Waals surface area contributed by atoms with Crippen LogP contribution in [0.1, 0.15) is 28.9 Å². The Hall–Kier alpha value is -2.44. The Morgan fingerprint density at radius 2 is 2.25 bits per heavy atom. The van der Waals surface area contributed by atoms with Crippen molar-refractivity contribution in [3.63, 3.8) is 0 Å². The molecule has 0 aliphatic carbocycles. The van der Waals surface area contributed by atoms with Gasteiger partial charge in [-0.3, -0.25) is 4.79 Å². The number of H-pyrrole nitrogens is 1. The number of aromatic nitrogens is 4. The summed E-state index contributed by atoms with van der Waals surface area (Å²) in [4.78, 5) is 18.8. The predicted octanol–water partition coefficient (Wildman–Crippen LogP) is 0.730. The Balaban J connectivity index is 1.73. The van der Waals surface area contributed by atoms with Crippen molar-refractivity contribution in [1.82, 2.24) is 25.7 Å². The van der Waals surface area contributed by atoms with Crippen LogP contribution in [0.2, 0.25) is 0 Å². The highest BCUT2D eigenvalue weighted by molar-refractivity contribution is 5.98. The fourth-order valence-corrected chi connectivity index (χ4v) is 2.33. The molecule has 3 heterocycles. The molecule has 0 atom stereocenters. The van der Waals surface area contributed by atoms with Gasteiger partial charge in [-0.1, -0.05) is 0 Å². The highest BCUT2D eigenvalue weighted by Gasteiger charge is 2.20. The minimum atomic E-state index is -0.136. The molecule has 2 aromatic rings. The molecule has 2 N–H and O–H groups in total. The Labute approximate surface area is 116 Å². The summed E-state index contributed by atoms with van der Waals surface area (Å²) < 4.78 is 0. The number of carbonyl (C=O) groups is 1. The van der Waals surface area contributed by atoms with Crippen LogP contribution in [-0.2, 0) is 6.54 Å². The van der Waals surface area contributed by atoms with E-state index in [-0.39, 0.29) is 5.91 Å². The molecule has 104 valence electrons. The first kappa shape index (κ1) is 12.6. The van der Waals surface area contributed by atoms with Gasteiger partial charge in [0.1, 0.15) is 11.5 Å². The van der Waals surface area contributed by atoms with Crippen LogP contribution in [0.25, 0.3) is 0 Å². The van der Waals surface area contributed by atoms with Gasteiger partial charge in [-0.15, -0.1) is 0 Å². The molecular weight excluding hydrogens is 256 g/mol. The van der Waals surface area contributed by atoms with Crippen LogP contribution in [0, 0.1) is 0 Å². The molecule has 1 amide bonds. The summed E-state index contributed by atoms with van der Waals surface area (Å²) >= 11 is 0. The molecule has 1 aliphatic heterocycles. The zero-order valence-corrected chi connectivity index (χ0v) is 11.0. The number of carbonyl (C=O) groups excluding carboxylic acids is 1. The molecule has 7 nitrogen and oxygen atoms in total. The number of nitrogens with zero attached hydrogens (tertiary/aromatic N) is 4. The summed E-state index contributed by atoms with van der Waals surface area (Å²) in [5.74, 6) is 0.630. The second-order valence-electron chi connectivity index (χ2n) is 4.71. The third-order valence-corrected chi connectivity index (χ3v) is 3.33. The molecule has 1 aliphatic rings. The highest BCUT2D eigenvalue weighted by Crippen LogP contribution is 2.21. The summed E-state index contributed by atoms with van der Waals surface area (Å²) in [6, 6.07) is 3.59. The second kappa shape index (κ2) is 5.68. The Bertz CT molecular complexity index is 576. The first-order chi connectivity index (χ1) is 9.84. The van der Waals surface area contributed by atoms with Gasteiger partial charge in [0.2, 0.25) is 0 Å². The number of anilines is 1. The summed E-state index contributed by atoms with van der Waals surface area (Å²) in [6.07, 6.45) is 5.61. The van der Waals surface area contributed by atoms with E-state index in [0.717, 1.165) is 31.7 Å². The number of pyridine rings is 1. The van der Waals surface area contributed by atoms with Crippen molar-refractivity contribution in [3.8, 4) is 0 Å². The van der Waals surface area contributed by atoms with Gasteiger partial charge >= 0.3 is 0 Å². The molecular formula is C13H16N6O. The van der Waals surface area contributed by atoms with E-state index in [1.807, 2.05) is 0 Å². The molecule has 7 heteroatoms. The maximum Gasteiger partial charge on any atom is 0.255 e. The quantitative estimate of drug-likeness (QED) is 0.856. The van der Waals surface area contributed by atoms with Gasteiger partial charge in [0, 0.05) is 19.3 Å². The zero-order chi connectivity index (χ0) is 13.8. The average molecular weight is 272 g/mol. The average Bonchev–Trinajstić information content (AvgIpc) is 3.18. The second-order valence-corrected chi connectivity index (χ2v) is 4.71. The first-order valence-electron chi connectivity index (χ1n) is 6.67. The molecule has 0 bridgehead atoms. The summed E-state index contributed by atoms with van der Waals surface area (Å²) in [5, 5.41) is 13.0. The number of hydrogen-bond donors (Lipinski definition) is 2. The van der Waals surface area contributed by atoms with Crippen LogP contribution < -0.4 is 10.2 Å². The fourth-order valence-electron chi connectivity index (χ4n) is 2.33. The summed E-state index contributed by atoms with van der Waals surface area (Å²) in [7, 11) is 0. The molecule has 0 saturated carbocycles. The maximum atomic E-state index is 12.3. The zero-order valence-electron chi connectivity index (χ0n) is 11.0. The van der Waals surface area contributed by atoms with Gasteiger partial charge in [0.05, 0.1) is 18.3 Å². The summed E-state index contributed by atoms with van der Waals surface area (Å²) in [6.45, 7) is 2.27. The van der Waals surface area contributed by atoms with E-state index in [4.69, 9.17) is 0 Å². The normalized spacial score (nSPS) is 14.5. The van der Waals surface area contributed by atoms with E-state index in [0.29, 0.717) is 17.8 Å². The van der Waals surface area contributed by atoms with Gasteiger partial charge in [-0.25, -0.2) is 4.98 Å². The molecule has 2 aromatic heterocycles. The largest absolute Gasteiger partial charge is 0.356 e. The Morgan fingerprint density at radius 3 is 3.00 bits per heavy atom. The van der Waals surface area contributed by atoms with Crippen LogP contribution in [-0.4, -0.2) is 39.4 Å². The van der Waals surface area contributed by atoms with Gasteiger partial charge in [0.15, 0.2) is 0 Å². The lowest BCUT2D eigenvalue weighted by atomic mass is 10.2. The van der Waals surface area contributed by atoms with Crippen molar-refractivity contribution in [3.05, 3.63) is 35.8 Å². The first-order valence-corrected chi connectivity index (χ1v) is 6.67. The minimum absolute atomic E-state index is 0.136. The highest BCUT2D eigenvalue weighted by atomic mass is 16.1. The van der Waals surface area contributed by atoms with Crippen molar-refractivity contribution >= 4 is 11.7 Å². The topological polar surface area (TPSA) is 86.8 Å². The predicted molar refractivity (Wildman–Crippen MR) is 73.2 cm³/mol. The monoisotopic (exact) mass is 272 g/mol. The van der Waals surface area contributed by atoms with Crippen molar-refractivity contribution in [2.24, 2.45) is 0 Å². The Kier molecular flexibility index (Phi) is 3.58. The van der Waals surface area contributed by atoms with E-state index in [1.165, 1.54) is 0 Å². The third-order valence-electron chi connectivity index (χ3n) is 3.33. The van der Waals surface area contributed by atoms with E-state index < -0.39 is 0 Å². The lowest BCUT2D eigenvalue weighted by molar-refractivity contribution is 0.0950. The molecule has 1 saturated heterocycles. The van der Waals surface area contributed by atoms with Gasteiger partial charge < -0.3 is 10.2 Å². The molecule has 20 heavy (non-hydrogen) atoms. The molecule has 0 spiro atoms. The SMILES string of the molecule is O=C(NCc1cn[nH]n1)c1cccnc1N1CCCC1. The lowest BCUT2D eigenvalue weighted by Crippen LogP contribution is -2.28. The smallest absolute Gasteiger partial charge is 0.255 e. The number of aromatic amines is 1. The van der Waals surface area contributed by atoms with Gasteiger partial charge in [0.25, 0.3) is 5.91 Å². The number of rotatable bonds is 4. The molecule has 0 aromatic carbocycles. The van der Waals surface area contributed by atoms with Crippen LogP contribution in [0.5, 0.6) is 0 Å². The molecule has 0 radical (unpaired) electrons. The van der Waals surface area contributed by atoms with Crippen LogP contribution in [0.4, 0.5) is 5.82 Å². The van der Waals surface area contributed by atoms with Crippen LogP contribution >= 0.6 is 0 Å². The third kappa shape index (κ3) is 2.61. The molecule has 1 fully saturated rings. The van der Waals surface area contributed by atoms with Crippen LogP contribution in [0.15, 0.2) is 24.5 Å². The standard InChI is InChI=1S/C13H16N6O/c20-13(15-8-10-9-16-18-17-10)11-4-3-5-14-12(11)19-6-1-2-7-19/h3-5,9H,1-2,6-8H2,(H,15,20)(H,16,17,18). The Morgan fingerprint density at radius 1 is 1.40 bits per heavy atom. The molecule has 3 rings (SSSR count). The fraction of sp³-hybridized carbons (Fsp3) is 0.385. The van der Waals surface area contributed by atoms with Crippen molar-refractivity contribution in [1.29, 1.82) is 0 Å². The number of nitrogens with one attached hydrogen (secondary N) is 2. The lowest BCUT2D eigenvalue weighted by Gasteiger charge is -2.19. The molecule has 0 unspecified atom stereocenters. The number of amides is 1. The van der Waals surface area contributed by atoms with E-state index in [9.17, 15) is 4.79 Å². The van der Waals surface area contributed by atoms with Gasteiger partial charge in [-0.2, -0.15) is 15.4 Å². The van der Waals surface area contributed by atoms with Crippen molar-refractivity contribution in [2.75, 3.05) is 18.0 Å². The van der Waals surface area contributed by atoms with Gasteiger partial charge in [-0.05, 0) is 25.0 Å². The van der Waals surface area contributed by atoms with E-state index >= 15 is 0 Å². The van der Waals surface area contributed by atoms with Crippen molar-refractivity contribution in [2.45, 2.75) is 19.4 Å². The van der Waals surface area contributed by atoms with E-state index in [1.54, 1.807) is 24.5 Å². The van der Waals surface area contributed by atoms with Crippen molar-refractivity contribution < 1.29 is 4.79 Å². The minimum Gasteiger partial charge on any atom is -0.356 e. The van der Waals surface area contributed by atoms with Crippen LogP contribution in [0.3, 0.4) is 0 Å².